The monoisotopic (exact) mass is 490 g/mol. The molecule has 0 aliphatic carbocycles. The third-order valence-electron chi connectivity index (χ3n) is 5.68. The van der Waals surface area contributed by atoms with E-state index < -0.39 is 18.3 Å². The number of carbonyl (C=O) groups is 1. The topological polar surface area (TPSA) is 69.5 Å². The highest BCUT2D eigenvalue weighted by Gasteiger charge is 2.34. The first-order chi connectivity index (χ1) is 16.5. The highest BCUT2D eigenvalue weighted by molar-refractivity contribution is 5.79. The van der Waals surface area contributed by atoms with Crippen molar-refractivity contribution in [3.8, 4) is 5.75 Å². The SMILES string of the molecule is CC(C)(C)OC(=O)N1CCCCC1c1ncccc1OCc1ccc2cnn(CC(F)(F)F)c2c1. The summed E-state index contributed by atoms with van der Waals surface area (Å²) in [5, 5.41) is 4.48. The Balaban J connectivity index is 1.54. The van der Waals surface area contributed by atoms with E-state index in [1.807, 2.05) is 20.8 Å². The molecule has 0 radical (unpaired) electrons. The fourth-order valence-electron chi connectivity index (χ4n) is 4.19. The molecule has 0 spiro atoms. The molecule has 188 valence electrons. The average molecular weight is 491 g/mol. The molecule has 10 heteroatoms. The maximum Gasteiger partial charge on any atom is 0.410 e. The van der Waals surface area contributed by atoms with Gasteiger partial charge < -0.3 is 9.47 Å². The number of pyridine rings is 1. The third kappa shape index (κ3) is 6.23. The van der Waals surface area contributed by atoms with Crippen molar-refractivity contribution in [1.29, 1.82) is 0 Å². The molecule has 1 amide bonds. The molecule has 4 rings (SSSR count). The quantitative estimate of drug-likeness (QED) is 0.437. The number of aromatic nitrogens is 3. The second-order valence-electron chi connectivity index (χ2n) is 9.67. The van der Waals surface area contributed by atoms with Crippen LogP contribution in [0.25, 0.3) is 10.9 Å². The van der Waals surface area contributed by atoms with E-state index >= 15 is 0 Å². The highest BCUT2D eigenvalue weighted by Crippen LogP contribution is 2.36. The molecule has 0 N–H and O–H groups in total. The number of alkyl halides is 3. The number of hydrogen-bond donors (Lipinski definition) is 0. The van der Waals surface area contributed by atoms with Gasteiger partial charge in [0.15, 0.2) is 0 Å². The summed E-state index contributed by atoms with van der Waals surface area (Å²) in [6, 6.07) is 8.43. The van der Waals surface area contributed by atoms with Crippen molar-refractivity contribution < 1.29 is 27.4 Å². The molecule has 3 aromatic rings. The Morgan fingerprint density at radius 3 is 2.71 bits per heavy atom. The van der Waals surface area contributed by atoms with Crippen molar-refractivity contribution in [2.75, 3.05) is 6.54 Å². The standard InChI is InChI=1S/C25H29F3N4O3/c1-24(2,3)35-23(33)31-12-5-4-7-19(31)22-21(8-6-11-29-22)34-15-17-9-10-18-14-30-32(20(18)13-17)16-25(26,27)28/h6,8-11,13-14,19H,4-5,7,12,15-16H2,1-3H3. The van der Waals surface area contributed by atoms with Crippen LogP contribution in [-0.2, 0) is 17.9 Å². The number of likely N-dealkylation sites (tertiary alicyclic amines) is 1. The molecule has 2 aromatic heterocycles. The normalized spacial score (nSPS) is 17.0. The van der Waals surface area contributed by atoms with Crippen LogP contribution in [0.4, 0.5) is 18.0 Å². The Hall–Kier alpha value is -3.30. The molecule has 1 aliphatic rings. The van der Waals surface area contributed by atoms with Crippen molar-refractivity contribution in [3.63, 3.8) is 0 Å². The molecule has 3 heterocycles. The third-order valence-corrected chi connectivity index (χ3v) is 5.68. The lowest BCUT2D eigenvalue weighted by Gasteiger charge is -2.36. The fraction of sp³-hybridized carbons (Fsp3) is 0.480. The van der Waals surface area contributed by atoms with Crippen LogP contribution in [0.2, 0.25) is 0 Å². The predicted molar refractivity (Wildman–Crippen MR) is 124 cm³/mol. The number of piperidine rings is 1. The summed E-state index contributed by atoms with van der Waals surface area (Å²) in [5.41, 5.74) is 1.11. The summed E-state index contributed by atoms with van der Waals surface area (Å²) in [6.07, 6.45) is 0.878. The lowest BCUT2D eigenvalue weighted by atomic mass is 9.98. The van der Waals surface area contributed by atoms with E-state index in [9.17, 15) is 18.0 Å². The second-order valence-corrected chi connectivity index (χ2v) is 9.67. The molecule has 1 saturated heterocycles. The van der Waals surface area contributed by atoms with E-state index in [0.29, 0.717) is 34.5 Å². The summed E-state index contributed by atoms with van der Waals surface area (Å²) in [5.74, 6) is 0.525. The molecule has 1 atom stereocenters. The van der Waals surface area contributed by atoms with Gasteiger partial charge in [-0.1, -0.05) is 12.1 Å². The molecule has 1 unspecified atom stereocenters. The summed E-state index contributed by atoms with van der Waals surface area (Å²) in [4.78, 5) is 19.1. The van der Waals surface area contributed by atoms with Gasteiger partial charge in [0.05, 0.1) is 17.8 Å². The largest absolute Gasteiger partial charge is 0.487 e. The van der Waals surface area contributed by atoms with Crippen LogP contribution in [0.3, 0.4) is 0 Å². The molecule has 1 aliphatic heterocycles. The van der Waals surface area contributed by atoms with Crippen molar-refractivity contribution in [1.82, 2.24) is 19.7 Å². The number of fused-ring (bicyclic) bond motifs is 1. The van der Waals surface area contributed by atoms with Crippen LogP contribution in [0.15, 0.2) is 42.7 Å². The van der Waals surface area contributed by atoms with Crippen LogP contribution in [-0.4, -0.2) is 44.1 Å². The Morgan fingerprint density at radius 1 is 1.17 bits per heavy atom. The van der Waals surface area contributed by atoms with Gasteiger partial charge in [-0.3, -0.25) is 14.6 Å². The zero-order valence-corrected chi connectivity index (χ0v) is 20.0. The number of nitrogens with zero attached hydrogens (tertiary/aromatic N) is 4. The molecule has 0 bridgehead atoms. The number of amides is 1. The van der Waals surface area contributed by atoms with Gasteiger partial charge in [-0.2, -0.15) is 18.3 Å². The highest BCUT2D eigenvalue weighted by atomic mass is 19.4. The minimum atomic E-state index is -4.37. The maximum absolute atomic E-state index is 12.9. The van der Waals surface area contributed by atoms with Crippen LogP contribution in [0.1, 0.15) is 57.3 Å². The first kappa shape index (κ1) is 24.8. The van der Waals surface area contributed by atoms with Crippen LogP contribution >= 0.6 is 0 Å². The summed E-state index contributed by atoms with van der Waals surface area (Å²) >= 11 is 0. The fourth-order valence-corrected chi connectivity index (χ4v) is 4.19. The minimum absolute atomic E-state index is 0.130. The first-order valence-corrected chi connectivity index (χ1v) is 11.6. The lowest BCUT2D eigenvalue weighted by Crippen LogP contribution is -2.42. The second kappa shape index (κ2) is 9.75. The zero-order valence-electron chi connectivity index (χ0n) is 20.0. The van der Waals surface area contributed by atoms with Gasteiger partial charge in [0.25, 0.3) is 0 Å². The molecule has 7 nitrogen and oxygen atoms in total. The number of ether oxygens (including phenoxy) is 2. The van der Waals surface area contributed by atoms with E-state index in [0.717, 1.165) is 23.9 Å². The summed E-state index contributed by atoms with van der Waals surface area (Å²) in [6.45, 7) is 5.03. The Labute approximate surface area is 201 Å². The van der Waals surface area contributed by atoms with E-state index in [-0.39, 0.29) is 18.7 Å². The Kier molecular flexibility index (Phi) is 6.91. The van der Waals surface area contributed by atoms with Gasteiger partial charge >= 0.3 is 12.3 Å². The van der Waals surface area contributed by atoms with Crippen molar-refractivity contribution in [3.05, 3.63) is 54.0 Å². The number of rotatable bonds is 5. The van der Waals surface area contributed by atoms with Gasteiger partial charge in [-0.25, -0.2) is 4.79 Å². The van der Waals surface area contributed by atoms with Crippen molar-refractivity contribution in [2.45, 2.75) is 71.0 Å². The van der Waals surface area contributed by atoms with Gasteiger partial charge in [0, 0.05) is 18.1 Å². The van der Waals surface area contributed by atoms with Crippen LogP contribution in [0, 0.1) is 0 Å². The molecule has 1 fully saturated rings. The average Bonchev–Trinajstić information content (AvgIpc) is 3.17. The van der Waals surface area contributed by atoms with E-state index in [1.54, 1.807) is 41.4 Å². The molecule has 1 aromatic carbocycles. The Morgan fingerprint density at radius 2 is 1.97 bits per heavy atom. The summed E-state index contributed by atoms with van der Waals surface area (Å²) in [7, 11) is 0. The zero-order chi connectivity index (χ0) is 25.2. The molecular formula is C25H29F3N4O3. The van der Waals surface area contributed by atoms with Crippen LogP contribution < -0.4 is 4.74 Å². The number of halogens is 3. The molecular weight excluding hydrogens is 461 g/mol. The van der Waals surface area contributed by atoms with Crippen molar-refractivity contribution in [2.24, 2.45) is 0 Å². The molecule has 0 saturated carbocycles. The van der Waals surface area contributed by atoms with E-state index in [2.05, 4.69) is 10.1 Å². The number of carbonyl (C=O) groups excluding carboxylic acids is 1. The predicted octanol–water partition coefficient (Wildman–Crippen LogP) is 6.03. The number of hydrogen-bond acceptors (Lipinski definition) is 5. The van der Waals surface area contributed by atoms with Crippen LogP contribution in [0.5, 0.6) is 5.75 Å². The van der Waals surface area contributed by atoms with Gasteiger partial charge in [-0.05, 0) is 63.8 Å². The number of benzene rings is 1. The smallest absolute Gasteiger partial charge is 0.410 e. The Bertz CT molecular complexity index is 1190. The van der Waals surface area contributed by atoms with E-state index in [4.69, 9.17) is 9.47 Å². The van der Waals surface area contributed by atoms with Crippen molar-refractivity contribution >= 4 is 17.0 Å². The lowest BCUT2D eigenvalue weighted by molar-refractivity contribution is -0.141. The molecule has 35 heavy (non-hydrogen) atoms. The maximum atomic E-state index is 12.9. The first-order valence-electron chi connectivity index (χ1n) is 11.6. The van der Waals surface area contributed by atoms with Gasteiger partial charge in [-0.15, -0.1) is 0 Å². The summed E-state index contributed by atoms with van der Waals surface area (Å²) < 4.78 is 51.3. The van der Waals surface area contributed by atoms with E-state index in [1.165, 1.54) is 6.20 Å². The van der Waals surface area contributed by atoms with Gasteiger partial charge in [0.2, 0.25) is 0 Å². The van der Waals surface area contributed by atoms with Gasteiger partial charge in [0.1, 0.15) is 30.2 Å². The minimum Gasteiger partial charge on any atom is -0.487 e.